The predicted molar refractivity (Wildman–Crippen MR) is 164 cm³/mol. The third-order valence-corrected chi connectivity index (χ3v) is 8.53. The van der Waals surface area contributed by atoms with Crippen LogP contribution in [0.4, 0.5) is 11.4 Å². The lowest BCUT2D eigenvalue weighted by Gasteiger charge is -2.33. The zero-order valence-electron chi connectivity index (χ0n) is 24.2. The smallest absolute Gasteiger partial charge is 0.142 e. The van der Waals surface area contributed by atoms with Gasteiger partial charge in [-0.2, -0.15) is 0 Å². The summed E-state index contributed by atoms with van der Waals surface area (Å²) in [5, 5.41) is 3.54. The fourth-order valence-corrected chi connectivity index (χ4v) is 6.31. The normalized spacial score (nSPS) is 22.3. The number of hydrogen-bond acceptors (Lipinski definition) is 7. The van der Waals surface area contributed by atoms with Gasteiger partial charge >= 0.3 is 0 Å². The Morgan fingerprint density at radius 3 is 2.71 bits per heavy atom. The van der Waals surface area contributed by atoms with E-state index in [4.69, 9.17) is 18.9 Å². The van der Waals surface area contributed by atoms with Gasteiger partial charge in [0.1, 0.15) is 24.2 Å². The Hall–Kier alpha value is -3.26. The molecule has 3 heterocycles. The monoisotopic (exact) mass is 557 g/mol. The number of anilines is 2. The van der Waals surface area contributed by atoms with Crippen LogP contribution < -0.4 is 24.6 Å². The standard InChI is InChI=1S/C34H43N3O4/c1-38-20-5-17-36-19-21-39-33-13-8-26(22-32(33)36)25-40-34-23-35-16-14-31(34)27-9-11-29(12-10-27)41-30-15-18-37(24-30)28-6-3-2-4-7-28/h2-4,6-13,22,30-31,34-35H,5,14-21,23-25H2,1H3/t30-,31?,34?/m0/s1. The molecule has 0 spiro atoms. The third-order valence-electron chi connectivity index (χ3n) is 8.53. The second-order valence-corrected chi connectivity index (χ2v) is 11.3. The quantitative estimate of drug-likeness (QED) is 0.324. The number of fused-ring (bicyclic) bond motifs is 1. The average molecular weight is 558 g/mol. The second kappa shape index (κ2) is 13.6. The van der Waals surface area contributed by atoms with Crippen LogP contribution in [-0.4, -0.2) is 71.8 Å². The van der Waals surface area contributed by atoms with Crippen LogP contribution in [0.25, 0.3) is 0 Å². The predicted octanol–water partition coefficient (Wildman–Crippen LogP) is 5.24. The summed E-state index contributed by atoms with van der Waals surface area (Å²) in [4.78, 5) is 4.81. The number of methoxy groups -OCH3 is 1. The van der Waals surface area contributed by atoms with Crippen molar-refractivity contribution in [3.63, 3.8) is 0 Å². The zero-order valence-corrected chi connectivity index (χ0v) is 24.2. The highest BCUT2D eigenvalue weighted by Crippen LogP contribution is 2.34. The molecule has 7 heteroatoms. The molecular formula is C34H43N3O4. The molecule has 41 heavy (non-hydrogen) atoms. The number of nitrogens with zero attached hydrogens (tertiary/aromatic N) is 2. The largest absolute Gasteiger partial charge is 0.490 e. The summed E-state index contributed by atoms with van der Waals surface area (Å²) in [5.41, 5.74) is 4.94. The molecule has 7 nitrogen and oxygen atoms in total. The van der Waals surface area contributed by atoms with E-state index in [1.807, 2.05) is 0 Å². The van der Waals surface area contributed by atoms with Crippen molar-refractivity contribution in [1.82, 2.24) is 5.32 Å². The molecular weight excluding hydrogens is 514 g/mol. The van der Waals surface area contributed by atoms with Crippen molar-refractivity contribution in [3.8, 4) is 11.5 Å². The molecule has 3 aromatic rings. The van der Waals surface area contributed by atoms with Crippen molar-refractivity contribution in [1.29, 1.82) is 0 Å². The molecule has 3 aromatic carbocycles. The van der Waals surface area contributed by atoms with Gasteiger partial charge in [-0.3, -0.25) is 0 Å². The maximum atomic E-state index is 6.57. The molecule has 3 aliphatic heterocycles. The Kier molecular flexibility index (Phi) is 9.25. The van der Waals surface area contributed by atoms with Gasteiger partial charge in [-0.15, -0.1) is 0 Å². The van der Waals surface area contributed by atoms with E-state index in [-0.39, 0.29) is 12.2 Å². The number of nitrogens with one attached hydrogen (secondary N) is 1. The Balaban J connectivity index is 1.05. The SMILES string of the molecule is COCCCN1CCOc2ccc(COC3CNCCC3c3ccc(O[C@H]4CCN(c5ccccc5)C4)cc3)cc21. The molecule has 0 amide bonds. The van der Waals surface area contributed by atoms with Crippen molar-refractivity contribution in [3.05, 3.63) is 83.9 Å². The highest BCUT2D eigenvalue weighted by molar-refractivity contribution is 5.61. The molecule has 0 aromatic heterocycles. The lowest BCUT2D eigenvalue weighted by atomic mass is 9.87. The Bertz CT molecular complexity index is 1240. The molecule has 0 aliphatic carbocycles. The molecule has 3 aliphatic rings. The number of benzene rings is 3. The number of piperidine rings is 1. The van der Waals surface area contributed by atoms with Gasteiger partial charge in [-0.05, 0) is 66.9 Å². The molecule has 2 fully saturated rings. The summed E-state index contributed by atoms with van der Waals surface area (Å²) >= 11 is 0. The number of para-hydroxylation sites is 1. The van der Waals surface area contributed by atoms with Gasteiger partial charge in [0.05, 0.1) is 31.5 Å². The van der Waals surface area contributed by atoms with E-state index in [1.165, 1.54) is 16.8 Å². The fourth-order valence-electron chi connectivity index (χ4n) is 6.31. The van der Waals surface area contributed by atoms with Gasteiger partial charge in [0.2, 0.25) is 0 Å². The van der Waals surface area contributed by atoms with Gasteiger partial charge in [0.15, 0.2) is 0 Å². The summed E-state index contributed by atoms with van der Waals surface area (Å²) in [6.45, 7) is 7.77. The van der Waals surface area contributed by atoms with Crippen LogP contribution in [0.1, 0.15) is 36.3 Å². The molecule has 6 rings (SSSR count). The van der Waals surface area contributed by atoms with Gasteiger partial charge in [0, 0.05) is 51.4 Å². The Labute approximate surface area is 244 Å². The van der Waals surface area contributed by atoms with E-state index in [1.54, 1.807) is 7.11 Å². The van der Waals surface area contributed by atoms with Crippen LogP contribution in [0.15, 0.2) is 72.8 Å². The van der Waals surface area contributed by atoms with E-state index in [9.17, 15) is 0 Å². The molecule has 2 unspecified atom stereocenters. The molecule has 0 radical (unpaired) electrons. The molecule has 218 valence electrons. The minimum atomic E-state index is 0.120. The Morgan fingerprint density at radius 2 is 1.85 bits per heavy atom. The van der Waals surface area contributed by atoms with Crippen LogP contribution in [0, 0.1) is 0 Å². The van der Waals surface area contributed by atoms with E-state index < -0.39 is 0 Å². The number of rotatable bonds is 11. The van der Waals surface area contributed by atoms with Crippen molar-refractivity contribution >= 4 is 11.4 Å². The number of ether oxygens (including phenoxy) is 4. The lowest BCUT2D eigenvalue weighted by molar-refractivity contribution is 0.0106. The van der Waals surface area contributed by atoms with E-state index >= 15 is 0 Å². The summed E-state index contributed by atoms with van der Waals surface area (Å²) in [6, 6.07) is 25.8. The van der Waals surface area contributed by atoms with E-state index in [2.05, 4.69) is 87.9 Å². The van der Waals surface area contributed by atoms with Crippen molar-refractivity contribution < 1.29 is 18.9 Å². The van der Waals surface area contributed by atoms with Gasteiger partial charge in [-0.25, -0.2) is 0 Å². The first-order valence-corrected chi connectivity index (χ1v) is 15.2. The van der Waals surface area contributed by atoms with Crippen LogP contribution >= 0.6 is 0 Å². The van der Waals surface area contributed by atoms with Gasteiger partial charge in [0.25, 0.3) is 0 Å². The first-order valence-electron chi connectivity index (χ1n) is 15.2. The Morgan fingerprint density at radius 1 is 0.976 bits per heavy atom. The highest BCUT2D eigenvalue weighted by atomic mass is 16.5. The molecule has 2 saturated heterocycles. The molecule has 1 N–H and O–H groups in total. The van der Waals surface area contributed by atoms with E-state index in [0.29, 0.717) is 12.5 Å². The fraction of sp³-hybridized carbons (Fsp3) is 0.471. The minimum Gasteiger partial charge on any atom is -0.490 e. The maximum absolute atomic E-state index is 6.57. The molecule has 0 saturated carbocycles. The molecule has 0 bridgehead atoms. The summed E-state index contributed by atoms with van der Waals surface area (Å²) in [6.07, 6.45) is 3.44. The van der Waals surface area contributed by atoms with Crippen molar-refractivity contribution in [2.75, 3.05) is 69.4 Å². The topological polar surface area (TPSA) is 55.4 Å². The van der Waals surface area contributed by atoms with Crippen molar-refractivity contribution in [2.24, 2.45) is 0 Å². The van der Waals surface area contributed by atoms with Crippen LogP contribution in [0.2, 0.25) is 0 Å². The van der Waals surface area contributed by atoms with Crippen molar-refractivity contribution in [2.45, 2.75) is 44.0 Å². The van der Waals surface area contributed by atoms with Crippen LogP contribution in [0.5, 0.6) is 11.5 Å². The average Bonchev–Trinajstić information content (AvgIpc) is 3.50. The van der Waals surface area contributed by atoms with Crippen LogP contribution in [-0.2, 0) is 16.1 Å². The van der Waals surface area contributed by atoms with Gasteiger partial charge < -0.3 is 34.1 Å². The lowest BCUT2D eigenvalue weighted by Crippen LogP contribution is -2.41. The highest BCUT2D eigenvalue weighted by Gasteiger charge is 2.28. The van der Waals surface area contributed by atoms with Gasteiger partial charge in [-0.1, -0.05) is 36.4 Å². The van der Waals surface area contributed by atoms with E-state index in [0.717, 1.165) is 88.9 Å². The first kappa shape index (κ1) is 27.9. The third kappa shape index (κ3) is 6.97. The molecule has 3 atom stereocenters. The minimum absolute atomic E-state index is 0.120. The van der Waals surface area contributed by atoms with Crippen LogP contribution in [0.3, 0.4) is 0 Å². The zero-order chi connectivity index (χ0) is 27.9. The first-order chi connectivity index (χ1) is 20.3. The summed E-state index contributed by atoms with van der Waals surface area (Å²) < 4.78 is 24.1. The maximum Gasteiger partial charge on any atom is 0.142 e. The number of hydrogen-bond donors (Lipinski definition) is 1. The summed E-state index contributed by atoms with van der Waals surface area (Å²) in [7, 11) is 1.76. The second-order valence-electron chi connectivity index (χ2n) is 11.3. The summed E-state index contributed by atoms with van der Waals surface area (Å²) in [5.74, 6) is 2.27.